The van der Waals surface area contributed by atoms with E-state index < -0.39 is 12.1 Å². The molecular formula is C12H12BrNO4. The van der Waals surface area contributed by atoms with E-state index in [4.69, 9.17) is 9.84 Å². The van der Waals surface area contributed by atoms with Crippen LogP contribution in [0.15, 0.2) is 28.7 Å². The Balaban J connectivity index is 2.33. The first-order chi connectivity index (χ1) is 8.59. The van der Waals surface area contributed by atoms with Gasteiger partial charge in [-0.3, -0.25) is 9.69 Å². The molecule has 1 N–H and O–H groups in total. The summed E-state index contributed by atoms with van der Waals surface area (Å²) in [6.45, 7) is 0.262. The smallest absolute Gasteiger partial charge is 0.414 e. The fraction of sp³-hybridized carbons (Fsp3) is 0.333. The number of para-hydroxylation sites is 1. The molecule has 1 aromatic carbocycles. The number of aliphatic carboxylic acids is 1. The lowest BCUT2D eigenvalue weighted by Gasteiger charge is -2.34. The number of hydrogen-bond donors (Lipinski definition) is 1. The summed E-state index contributed by atoms with van der Waals surface area (Å²) in [6, 6.07) is 6.80. The summed E-state index contributed by atoms with van der Waals surface area (Å²) in [5.74, 6) is -0.924. The average Bonchev–Trinajstić information content (AvgIpc) is 2.30. The van der Waals surface area contributed by atoms with Crippen LogP contribution in [0.1, 0.15) is 12.8 Å². The molecule has 2 rings (SSSR count). The van der Waals surface area contributed by atoms with Crippen molar-refractivity contribution in [2.75, 3.05) is 11.5 Å². The molecule has 0 radical (unpaired) electrons. The van der Waals surface area contributed by atoms with Gasteiger partial charge in [-0.05, 0) is 28.1 Å². The average molecular weight is 314 g/mol. The van der Waals surface area contributed by atoms with Crippen LogP contribution in [-0.2, 0) is 9.53 Å². The Bertz CT molecular complexity index is 477. The van der Waals surface area contributed by atoms with Crippen molar-refractivity contribution in [1.82, 2.24) is 0 Å². The van der Waals surface area contributed by atoms with Gasteiger partial charge >= 0.3 is 12.1 Å². The summed E-state index contributed by atoms with van der Waals surface area (Å²) in [4.78, 5) is 24.1. The van der Waals surface area contributed by atoms with Crippen LogP contribution in [0.5, 0.6) is 0 Å². The minimum Gasteiger partial charge on any atom is -0.481 e. The summed E-state index contributed by atoms with van der Waals surface area (Å²) in [6.07, 6.45) is -0.0742. The number of halogens is 1. The predicted octanol–water partition coefficient (Wildman–Crippen LogP) is 2.64. The molecule has 1 aromatic rings. The molecule has 1 unspecified atom stereocenters. The maximum absolute atomic E-state index is 11.8. The molecule has 1 aliphatic heterocycles. The highest BCUT2D eigenvalue weighted by Gasteiger charge is 2.33. The van der Waals surface area contributed by atoms with Gasteiger partial charge in [0.2, 0.25) is 0 Å². The van der Waals surface area contributed by atoms with Crippen molar-refractivity contribution in [1.29, 1.82) is 0 Å². The Morgan fingerprint density at radius 2 is 2.22 bits per heavy atom. The van der Waals surface area contributed by atoms with Gasteiger partial charge in [-0.2, -0.15) is 0 Å². The Morgan fingerprint density at radius 1 is 1.50 bits per heavy atom. The SMILES string of the molecule is O=C(O)CC1CCOC(=O)N1c1ccccc1Br. The summed E-state index contributed by atoms with van der Waals surface area (Å²) in [5.41, 5.74) is 0.633. The van der Waals surface area contributed by atoms with E-state index in [9.17, 15) is 9.59 Å². The van der Waals surface area contributed by atoms with E-state index in [1.807, 2.05) is 6.07 Å². The molecule has 0 spiro atoms. The van der Waals surface area contributed by atoms with Gasteiger partial charge in [0.05, 0.1) is 24.8 Å². The van der Waals surface area contributed by atoms with Crippen LogP contribution in [-0.4, -0.2) is 29.8 Å². The number of carbonyl (C=O) groups excluding carboxylic acids is 1. The van der Waals surface area contributed by atoms with Crippen molar-refractivity contribution < 1.29 is 19.4 Å². The lowest BCUT2D eigenvalue weighted by atomic mass is 10.1. The van der Waals surface area contributed by atoms with Crippen LogP contribution < -0.4 is 4.90 Å². The zero-order chi connectivity index (χ0) is 13.1. The molecular weight excluding hydrogens is 302 g/mol. The van der Waals surface area contributed by atoms with Crippen molar-refractivity contribution in [3.8, 4) is 0 Å². The molecule has 6 heteroatoms. The van der Waals surface area contributed by atoms with Gasteiger partial charge in [-0.15, -0.1) is 0 Å². The number of anilines is 1. The molecule has 1 amide bonds. The molecule has 96 valence electrons. The second-order valence-electron chi connectivity index (χ2n) is 3.98. The molecule has 0 bridgehead atoms. The highest BCUT2D eigenvalue weighted by atomic mass is 79.9. The Hall–Kier alpha value is -1.56. The van der Waals surface area contributed by atoms with Crippen molar-refractivity contribution in [2.45, 2.75) is 18.9 Å². The second kappa shape index (κ2) is 5.39. The second-order valence-corrected chi connectivity index (χ2v) is 4.83. The quantitative estimate of drug-likeness (QED) is 0.931. The maximum atomic E-state index is 11.8. The summed E-state index contributed by atoms with van der Waals surface area (Å²) in [7, 11) is 0. The van der Waals surface area contributed by atoms with Crippen molar-refractivity contribution >= 4 is 33.7 Å². The minimum atomic E-state index is -0.924. The number of carboxylic acids is 1. The highest BCUT2D eigenvalue weighted by Crippen LogP contribution is 2.31. The molecule has 0 aliphatic carbocycles. The fourth-order valence-electron chi connectivity index (χ4n) is 1.97. The van der Waals surface area contributed by atoms with Gasteiger partial charge in [-0.25, -0.2) is 4.79 Å². The summed E-state index contributed by atoms with van der Waals surface area (Å²) < 4.78 is 5.72. The zero-order valence-corrected chi connectivity index (χ0v) is 11.1. The van der Waals surface area contributed by atoms with Crippen LogP contribution in [0.3, 0.4) is 0 Å². The third kappa shape index (κ3) is 2.64. The lowest BCUT2D eigenvalue weighted by Crippen LogP contribution is -2.47. The largest absolute Gasteiger partial charge is 0.481 e. The van der Waals surface area contributed by atoms with E-state index in [2.05, 4.69) is 15.9 Å². The topological polar surface area (TPSA) is 66.8 Å². The first-order valence-corrected chi connectivity index (χ1v) is 6.31. The Morgan fingerprint density at radius 3 is 2.89 bits per heavy atom. The Kier molecular flexibility index (Phi) is 3.86. The molecule has 18 heavy (non-hydrogen) atoms. The standard InChI is InChI=1S/C12H12BrNO4/c13-9-3-1-2-4-10(9)14-8(7-11(15)16)5-6-18-12(14)17/h1-4,8H,5-7H2,(H,15,16). The molecule has 5 nitrogen and oxygen atoms in total. The van der Waals surface area contributed by atoms with E-state index in [1.54, 1.807) is 18.2 Å². The number of carboxylic acid groups (broad SMARTS) is 1. The van der Waals surface area contributed by atoms with Crippen LogP contribution in [0, 0.1) is 0 Å². The number of amides is 1. The van der Waals surface area contributed by atoms with E-state index in [0.717, 1.165) is 4.47 Å². The van der Waals surface area contributed by atoms with Gasteiger partial charge in [0.1, 0.15) is 0 Å². The van der Waals surface area contributed by atoms with E-state index >= 15 is 0 Å². The van der Waals surface area contributed by atoms with Crippen LogP contribution in [0.4, 0.5) is 10.5 Å². The van der Waals surface area contributed by atoms with E-state index in [0.29, 0.717) is 12.1 Å². The number of benzene rings is 1. The first-order valence-electron chi connectivity index (χ1n) is 5.52. The maximum Gasteiger partial charge on any atom is 0.414 e. The summed E-state index contributed by atoms with van der Waals surface area (Å²) >= 11 is 3.36. The normalized spacial score (nSPS) is 19.5. The van der Waals surface area contributed by atoms with Crippen molar-refractivity contribution in [2.24, 2.45) is 0 Å². The molecule has 1 atom stereocenters. The molecule has 1 fully saturated rings. The van der Waals surface area contributed by atoms with Gasteiger partial charge in [0.15, 0.2) is 0 Å². The van der Waals surface area contributed by atoms with Gasteiger partial charge < -0.3 is 9.84 Å². The molecule has 0 aromatic heterocycles. The van der Waals surface area contributed by atoms with Crippen LogP contribution in [0.2, 0.25) is 0 Å². The summed E-state index contributed by atoms with van der Waals surface area (Å²) in [5, 5.41) is 8.90. The highest BCUT2D eigenvalue weighted by molar-refractivity contribution is 9.10. The number of hydrogen-bond acceptors (Lipinski definition) is 3. The van der Waals surface area contributed by atoms with E-state index in [-0.39, 0.29) is 19.1 Å². The molecule has 0 saturated carbocycles. The fourth-order valence-corrected chi connectivity index (χ4v) is 2.44. The number of nitrogens with zero attached hydrogens (tertiary/aromatic N) is 1. The predicted molar refractivity (Wildman–Crippen MR) is 68.6 cm³/mol. The molecule has 1 saturated heterocycles. The van der Waals surface area contributed by atoms with Crippen LogP contribution >= 0.6 is 15.9 Å². The van der Waals surface area contributed by atoms with Crippen molar-refractivity contribution in [3.63, 3.8) is 0 Å². The third-order valence-electron chi connectivity index (χ3n) is 2.76. The zero-order valence-electron chi connectivity index (χ0n) is 9.51. The molecule has 1 heterocycles. The number of rotatable bonds is 3. The molecule has 1 aliphatic rings. The van der Waals surface area contributed by atoms with Gasteiger partial charge in [0, 0.05) is 10.9 Å². The lowest BCUT2D eigenvalue weighted by molar-refractivity contribution is -0.137. The number of carbonyl (C=O) groups is 2. The number of ether oxygens (including phenoxy) is 1. The first kappa shape index (κ1) is 12.9. The van der Waals surface area contributed by atoms with Crippen LogP contribution in [0.25, 0.3) is 0 Å². The third-order valence-corrected chi connectivity index (χ3v) is 3.43. The van der Waals surface area contributed by atoms with Gasteiger partial charge in [-0.1, -0.05) is 12.1 Å². The monoisotopic (exact) mass is 313 g/mol. The Labute approximate surface area is 112 Å². The minimum absolute atomic E-state index is 0.0869. The van der Waals surface area contributed by atoms with Gasteiger partial charge in [0.25, 0.3) is 0 Å². The van der Waals surface area contributed by atoms with Crippen molar-refractivity contribution in [3.05, 3.63) is 28.7 Å². The van der Waals surface area contributed by atoms with E-state index in [1.165, 1.54) is 4.90 Å². The number of cyclic esters (lactones) is 1.